The first-order chi connectivity index (χ1) is 22.3. The Bertz CT molecular complexity index is 2260. The molecule has 0 radical (unpaired) electrons. The minimum atomic E-state index is 1.11. The standard InChI is InChI=1S/C44H31N/c1-3-15-34(16-4-1)43-23-11-12-25-44(43)45(39-20-5-2-6-21-39)40-30-37(36-27-26-32-14-7-8-18-35(32)28-36)29-38(31-40)42-24-13-19-33-17-9-10-22-41(33)42/h1-31H. The third kappa shape index (κ3) is 5.15. The quantitative estimate of drug-likeness (QED) is 0.191. The van der Waals surface area contributed by atoms with Crippen molar-refractivity contribution in [2.75, 3.05) is 4.90 Å². The van der Waals surface area contributed by atoms with Gasteiger partial charge in [0.25, 0.3) is 0 Å². The number of benzene rings is 8. The summed E-state index contributed by atoms with van der Waals surface area (Å²) in [6.07, 6.45) is 0. The van der Waals surface area contributed by atoms with Gasteiger partial charge >= 0.3 is 0 Å². The van der Waals surface area contributed by atoms with Crippen LogP contribution in [0.1, 0.15) is 0 Å². The van der Waals surface area contributed by atoms with Gasteiger partial charge in [0.05, 0.1) is 5.69 Å². The van der Waals surface area contributed by atoms with Crippen molar-refractivity contribution in [2.45, 2.75) is 0 Å². The summed E-state index contributed by atoms with van der Waals surface area (Å²) in [6.45, 7) is 0. The van der Waals surface area contributed by atoms with E-state index in [2.05, 4.69) is 193 Å². The van der Waals surface area contributed by atoms with Crippen molar-refractivity contribution >= 4 is 38.6 Å². The number of hydrogen-bond acceptors (Lipinski definition) is 1. The molecular formula is C44H31N. The van der Waals surface area contributed by atoms with Crippen molar-refractivity contribution in [1.29, 1.82) is 0 Å². The first kappa shape index (κ1) is 26.7. The van der Waals surface area contributed by atoms with Gasteiger partial charge in [0.2, 0.25) is 0 Å². The highest BCUT2D eigenvalue weighted by atomic mass is 15.1. The molecule has 45 heavy (non-hydrogen) atoms. The zero-order valence-electron chi connectivity index (χ0n) is 24.8. The minimum Gasteiger partial charge on any atom is -0.310 e. The number of para-hydroxylation sites is 2. The fourth-order valence-electron chi connectivity index (χ4n) is 6.44. The van der Waals surface area contributed by atoms with Crippen molar-refractivity contribution in [3.63, 3.8) is 0 Å². The van der Waals surface area contributed by atoms with E-state index in [1.165, 1.54) is 54.9 Å². The molecule has 0 aliphatic rings. The van der Waals surface area contributed by atoms with Crippen LogP contribution in [-0.2, 0) is 0 Å². The molecule has 0 bridgehead atoms. The molecule has 8 aromatic carbocycles. The molecule has 8 rings (SSSR count). The van der Waals surface area contributed by atoms with Crippen molar-refractivity contribution in [3.8, 4) is 33.4 Å². The van der Waals surface area contributed by atoms with E-state index >= 15 is 0 Å². The lowest BCUT2D eigenvalue weighted by Crippen LogP contribution is -2.11. The summed E-state index contributed by atoms with van der Waals surface area (Å²) in [5.74, 6) is 0. The van der Waals surface area contributed by atoms with E-state index in [4.69, 9.17) is 0 Å². The van der Waals surface area contributed by atoms with Crippen LogP contribution in [0.4, 0.5) is 17.1 Å². The van der Waals surface area contributed by atoms with Crippen LogP contribution < -0.4 is 4.90 Å². The van der Waals surface area contributed by atoms with Gasteiger partial charge < -0.3 is 4.90 Å². The first-order valence-corrected chi connectivity index (χ1v) is 15.4. The van der Waals surface area contributed by atoms with Gasteiger partial charge in [-0.3, -0.25) is 0 Å². The maximum Gasteiger partial charge on any atom is 0.0540 e. The van der Waals surface area contributed by atoms with Gasteiger partial charge in [0, 0.05) is 16.9 Å². The van der Waals surface area contributed by atoms with Crippen LogP contribution in [0.3, 0.4) is 0 Å². The largest absolute Gasteiger partial charge is 0.310 e. The van der Waals surface area contributed by atoms with Crippen LogP contribution in [0.5, 0.6) is 0 Å². The van der Waals surface area contributed by atoms with Crippen molar-refractivity contribution < 1.29 is 0 Å². The van der Waals surface area contributed by atoms with Crippen molar-refractivity contribution in [3.05, 3.63) is 188 Å². The summed E-state index contributed by atoms with van der Waals surface area (Å²) in [5.41, 5.74) is 10.5. The molecule has 8 aromatic rings. The normalized spacial score (nSPS) is 11.1. The lowest BCUT2D eigenvalue weighted by molar-refractivity contribution is 1.28. The topological polar surface area (TPSA) is 3.24 Å². The number of hydrogen-bond donors (Lipinski definition) is 0. The molecule has 0 amide bonds. The Morgan fingerprint density at radius 1 is 0.289 bits per heavy atom. The summed E-state index contributed by atoms with van der Waals surface area (Å²) in [4.78, 5) is 2.40. The molecule has 0 heterocycles. The second kappa shape index (κ2) is 11.6. The molecule has 0 aromatic heterocycles. The van der Waals surface area contributed by atoms with E-state index in [1.54, 1.807) is 0 Å². The Morgan fingerprint density at radius 2 is 0.911 bits per heavy atom. The zero-order valence-corrected chi connectivity index (χ0v) is 24.8. The second-order valence-electron chi connectivity index (χ2n) is 11.4. The van der Waals surface area contributed by atoms with Crippen LogP contribution in [-0.4, -0.2) is 0 Å². The maximum atomic E-state index is 2.40. The number of nitrogens with zero attached hydrogens (tertiary/aromatic N) is 1. The van der Waals surface area contributed by atoms with Crippen LogP contribution in [0.25, 0.3) is 54.9 Å². The molecule has 0 aliphatic heterocycles. The third-order valence-corrected chi connectivity index (χ3v) is 8.60. The first-order valence-electron chi connectivity index (χ1n) is 15.4. The number of rotatable bonds is 6. The molecule has 0 fully saturated rings. The Kier molecular flexibility index (Phi) is 6.90. The lowest BCUT2D eigenvalue weighted by Gasteiger charge is -2.29. The van der Waals surface area contributed by atoms with E-state index in [0.717, 1.165) is 17.1 Å². The predicted molar refractivity (Wildman–Crippen MR) is 192 cm³/mol. The lowest BCUT2D eigenvalue weighted by atomic mass is 9.93. The third-order valence-electron chi connectivity index (χ3n) is 8.60. The van der Waals surface area contributed by atoms with E-state index < -0.39 is 0 Å². The minimum absolute atomic E-state index is 1.11. The molecule has 1 heteroatoms. The molecule has 0 spiro atoms. The molecule has 0 atom stereocenters. The summed E-state index contributed by atoms with van der Waals surface area (Å²) < 4.78 is 0. The van der Waals surface area contributed by atoms with Gasteiger partial charge in [-0.1, -0.05) is 146 Å². The van der Waals surface area contributed by atoms with Crippen LogP contribution in [0, 0.1) is 0 Å². The highest BCUT2D eigenvalue weighted by molar-refractivity contribution is 5.99. The average molecular weight is 574 g/mol. The summed E-state index contributed by atoms with van der Waals surface area (Å²) in [5, 5.41) is 4.97. The Balaban J connectivity index is 1.41. The van der Waals surface area contributed by atoms with Crippen molar-refractivity contribution in [1.82, 2.24) is 0 Å². The molecule has 0 aliphatic carbocycles. The van der Waals surface area contributed by atoms with E-state index in [9.17, 15) is 0 Å². The van der Waals surface area contributed by atoms with Crippen LogP contribution in [0.15, 0.2) is 188 Å². The van der Waals surface area contributed by atoms with Gasteiger partial charge in [-0.05, 0) is 91.8 Å². The molecule has 0 unspecified atom stereocenters. The van der Waals surface area contributed by atoms with Gasteiger partial charge in [0.1, 0.15) is 0 Å². The number of fused-ring (bicyclic) bond motifs is 2. The summed E-state index contributed by atoms with van der Waals surface area (Å²) in [7, 11) is 0. The Labute approximate surface area is 264 Å². The highest BCUT2D eigenvalue weighted by Crippen LogP contribution is 2.44. The van der Waals surface area contributed by atoms with Gasteiger partial charge in [-0.15, -0.1) is 0 Å². The number of anilines is 3. The molecule has 212 valence electrons. The summed E-state index contributed by atoms with van der Waals surface area (Å²) >= 11 is 0. The fraction of sp³-hybridized carbons (Fsp3) is 0. The average Bonchev–Trinajstić information content (AvgIpc) is 3.12. The fourth-order valence-corrected chi connectivity index (χ4v) is 6.44. The smallest absolute Gasteiger partial charge is 0.0540 e. The van der Waals surface area contributed by atoms with E-state index in [0.29, 0.717) is 0 Å². The van der Waals surface area contributed by atoms with E-state index in [-0.39, 0.29) is 0 Å². The highest BCUT2D eigenvalue weighted by Gasteiger charge is 2.19. The molecule has 0 N–H and O–H groups in total. The summed E-state index contributed by atoms with van der Waals surface area (Å²) in [6, 6.07) is 67.8. The van der Waals surface area contributed by atoms with Crippen LogP contribution >= 0.6 is 0 Å². The Morgan fingerprint density at radius 3 is 1.76 bits per heavy atom. The molecular weight excluding hydrogens is 542 g/mol. The van der Waals surface area contributed by atoms with Crippen LogP contribution in [0.2, 0.25) is 0 Å². The van der Waals surface area contributed by atoms with Gasteiger partial charge in [0.15, 0.2) is 0 Å². The maximum absolute atomic E-state index is 2.40. The molecule has 0 saturated carbocycles. The van der Waals surface area contributed by atoms with E-state index in [1.807, 2.05) is 0 Å². The molecule has 0 saturated heterocycles. The predicted octanol–water partition coefficient (Wildman–Crippen LogP) is 12.5. The molecule has 1 nitrogen and oxygen atoms in total. The SMILES string of the molecule is c1ccc(-c2ccccc2N(c2ccccc2)c2cc(-c3ccc4ccccc4c3)cc(-c3cccc4ccccc34)c2)cc1. The van der Waals surface area contributed by atoms with Gasteiger partial charge in [-0.25, -0.2) is 0 Å². The van der Waals surface area contributed by atoms with Crippen molar-refractivity contribution in [2.24, 2.45) is 0 Å². The Hall–Kier alpha value is -5.92. The second-order valence-corrected chi connectivity index (χ2v) is 11.4. The monoisotopic (exact) mass is 573 g/mol. The van der Waals surface area contributed by atoms with Gasteiger partial charge in [-0.2, -0.15) is 0 Å². The zero-order chi connectivity index (χ0) is 30.0.